The molecular weight excluding hydrogens is 654 g/mol. The Balaban J connectivity index is 1.90. The van der Waals surface area contributed by atoms with E-state index in [1.165, 1.54) is 0 Å². The van der Waals surface area contributed by atoms with Gasteiger partial charge in [0.2, 0.25) is 0 Å². The summed E-state index contributed by atoms with van der Waals surface area (Å²) in [6, 6.07) is 26.3. The molecule has 0 bridgehead atoms. The molecule has 0 fully saturated rings. The molecule has 52 heavy (non-hydrogen) atoms. The van der Waals surface area contributed by atoms with Gasteiger partial charge in [-0.05, 0) is 97.6 Å². The molecule has 0 aliphatic rings. The first-order chi connectivity index (χ1) is 24.3. The van der Waals surface area contributed by atoms with Gasteiger partial charge in [0.25, 0.3) is 0 Å². The van der Waals surface area contributed by atoms with Crippen molar-refractivity contribution in [3.8, 4) is 5.75 Å². The Kier molecular flexibility index (Phi) is 15.3. The predicted molar refractivity (Wildman–Crippen MR) is 207 cm³/mol. The lowest BCUT2D eigenvalue weighted by Gasteiger charge is -2.33. The molecule has 0 saturated carbocycles. The predicted octanol–water partition coefficient (Wildman–Crippen LogP) is 8.20. The molecule has 2 atom stereocenters. The van der Waals surface area contributed by atoms with Crippen LogP contribution in [-0.4, -0.2) is 70.2 Å². The molecule has 3 aromatic rings. The fourth-order valence-electron chi connectivity index (χ4n) is 5.67. The molecule has 0 aromatic heterocycles. The summed E-state index contributed by atoms with van der Waals surface area (Å²) in [6.45, 7) is 20.9. The minimum Gasteiger partial charge on any atom is -0.488 e. The van der Waals surface area contributed by atoms with E-state index in [0.717, 1.165) is 16.7 Å². The summed E-state index contributed by atoms with van der Waals surface area (Å²) in [5, 5.41) is 2.97. The van der Waals surface area contributed by atoms with Gasteiger partial charge in [0.05, 0.1) is 5.92 Å². The maximum absolute atomic E-state index is 14.1. The lowest BCUT2D eigenvalue weighted by molar-refractivity contribution is -0.161. The Bertz CT molecular complexity index is 1500. The highest BCUT2D eigenvalue weighted by Crippen LogP contribution is 2.21. The molecule has 0 unspecified atom stereocenters. The molecule has 0 aliphatic heterocycles. The molecule has 0 saturated heterocycles. The summed E-state index contributed by atoms with van der Waals surface area (Å²) in [7, 11) is 0. The molecule has 284 valence electrons. The van der Waals surface area contributed by atoms with Gasteiger partial charge in [0.15, 0.2) is 0 Å². The van der Waals surface area contributed by atoms with Gasteiger partial charge in [0.1, 0.15) is 28.6 Å². The summed E-state index contributed by atoms with van der Waals surface area (Å²) in [5.41, 5.74) is 1.24. The van der Waals surface area contributed by atoms with E-state index in [4.69, 9.17) is 14.2 Å². The van der Waals surface area contributed by atoms with Crippen molar-refractivity contribution in [3.63, 3.8) is 0 Å². The number of carbonyl (C=O) groups excluding carboxylic acids is 3. The van der Waals surface area contributed by atoms with Crippen LogP contribution < -0.4 is 10.1 Å². The second kappa shape index (κ2) is 18.9. The van der Waals surface area contributed by atoms with Crippen LogP contribution in [0.25, 0.3) is 0 Å². The number of hydrogen-bond donors (Lipinski definition) is 1. The lowest BCUT2D eigenvalue weighted by atomic mass is 10.0. The highest BCUT2D eigenvalue weighted by molar-refractivity contribution is 5.84. The lowest BCUT2D eigenvalue weighted by Crippen LogP contribution is -2.53. The summed E-state index contributed by atoms with van der Waals surface area (Å²) in [6.07, 6.45) is 0.867. The van der Waals surface area contributed by atoms with Crippen molar-refractivity contribution in [2.75, 3.05) is 19.6 Å². The van der Waals surface area contributed by atoms with Gasteiger partial charge in [-0.3, -0.25) is 9.69 Å². The van der Waals surface area contributed by atoms with Crippen LogP contribution in [0.2, 0.25) is 0 Å². The molecule has 9 nitrogen and oxygen atoms in total. The maximum atomic E-state index is 14.1. The first-order valence-electron chi connectivity index (χ1n) is 18.4. The van der Waals surface area contributed by atoms with E-state index in [9.17, 15) is 14.4 Å². The van der Waals surface area contributed by atoms with Crippen molar-refractivity contribution in [2.45, 2.75) is 118 Å². The average molecular weight is 716 g/mol. The minimum atomic E-state index is -0.965. The fourth-order valence-corrected chi connectivity index (χ4v) is 5.67. The highest BCUT2D eigenvalue weighted by atomic mass is 16.6. The van der Waals surface area contributed by atoms with E-state index >= 15 is 0 Å². The Morgan fingerprint density at radius 2 is 1.13 bits per heavy atom. The molecule has 3 rings (SSSR count). The number of urea groups is 1. The fraction of sp³-hybridized carbons (Fsp3) is 0.512. The zero-order valence-electron chi connectivity index (χ0n) is 33.0. The number of hydrogen-bond acceptors (Lipinski definition) is 7. The standard InChI is InChI=1S/C43H61N3O6/c1-11-26-46(40(49)44-37(39(48)52-43(8,9)10)27-32-22-24-36(25-23-32)50-41(2,3)4)31-35(38(47)51-42(5,6)7)30-45(28-33-18-14-12-15-19-33)29-34-20-16-13-17-21-34/h12-25,35,37H,11,26-31H2,1-10H3,(H,44,49)/t35-,37+/m1/s1. The van der Waals surface area contributed by atoms with Crippen molar-refractivity contribution < 1.29 is 28.6 Å². The third-order valence-electron chi connectivity index (χ3n) is 7.71. The number of nitrogens with one attached hydrogen (secondary N) is 1. The van der Waals surface area contributed by atoms with Gasteiger partial charge in [0, 0.05) is 39.1 Å². The zero-order valence-corrected chi connectivity index (χ0v) is 33.0. The van der Waals surface area contributed by atoms with E-state index in [-0.39, 0.29) is 24.5 Å². The van der Waals surface area contributed by atoms with Crippen LogP contribution in [0.1, 0.15) is 92.3 Å². The molecule has 0 radical (unpaired) electrons. The molecule has 2 amide bonds. The van der Waals surface area contributed by atoms with Crippen LogP contribution in [0, 0.1) is 5.92 Å². The van der Waals surface area contributed by atoms with Crippen LogP contribution in [0.5, 0.6) is 5.75 Å². The van der Waals surface area contributed by atoms with Crippen molar-refractivity contribution in [3.05, 3.63) is 102 Å². The number of carbonyl (C=O) groups is 3. The van der Waals surface area contributed by atoms with Gasteiger partial charge in [-0.1, -0.05) is 79.7 Å². The second-order valence-electron chi connectivity index (χ2n) is 16.4. The van der Waals surface area contributed by atoms with Crippen molar-refractivity contribution in [1.29, 1.82) is 0 Å². The Hall–Kier alpha value is -4.37. The van der Waals surface area contributed by atoms with E-state index in [1.807, 2.05) is 109 Å². The normalized spacial score (nSPS) is 13.2. The van der Waals surface area contributed by atoms with Gasteiger partial charge < -0.3 is 24.4 Å². The largest absolute Gasteiger partial charge is 0.488 e. The van der Waals surface area contributed by atoms with Crippen LogP contribution in [-0.2, 0) is 38.6 Å². The van der Waals surface area contributed by atoms with Crippen molar-refractivity contribution in [2.24, 2.45) is 5.92 Å². The summed E-state index contributed by atoms with van der Waals surface area (Å²) in [5.74, 6) is -0.869. The number of esters is 2. The Labute approximate surface area is 312 Å². The van der Waals surface area contributed by atoms with Gasteiger partial charge in [-0.2, -0.15) is 0 Å². The van der Waals surface area contributed by atoms with Crippen LogP contribution >= 0.6 is 0 Å². The Morgan fingerprint density at radius 1 is 0.635 bits per heavy atom. The molecule has 1 N–H and O–H groups in total. The van der Waals surface area contributed by atoms with Crippen molar-refractivity contribution >= 4 is 18.0 Å². The topological polar surface area (TPSA) is 97.4 Å². The first kappa shape index (κ1) is 42.0. The molecule has 3 aromatic carbocycles. The van der Waals surface area contributed by atoms with Crippen LogP contribution in [0.3, 0.4) is 0 Å². The number of benzene rings is 3. The Morgan fingerprint density at radius 3 is 1.60 bits per heavy atom. The molecule has 0 heterocycles. The summed E-state index contributed by atoms with van der Waals surface area (Å²) < 4.78 is 17.7. The van der Waals surface area contributed by atoms with Crippen molar-refractivity contribution in [1.82, 2.24) is 15.1 Å². The summed E-state index contributed by atoms with van der Waals surface area (Å²) in [4.78, 5) is 45.5. The number of amides is 2. The zero-order chi connectivity index (χ0) is 38.5. The molecule has 0 spiro atoms. The number of rotatable bonds is 16. The number of ether oxygens (including phenoxy) is 3. The summed E-state index contributed by atoms with van der Waals surface area (Å²) >= 11 is 0. The molecule has 9 heteroatoms. The highest BCUT2D eigenvalue weighted by Gasteiger charge is 2.33. The minimum absolute atomic E-state index is 0.106. The smallest absolute Gasteiger partial charge is 0.329 e. The molecule has 0 aliphatic carbocycles. The number of nitrogens with zero attached hydrogens (tertiary/aromatic N) is 2. The average Bonchev–Trinajstić information content (AvgIpc) is 3.03. The van der Waals surface area contributed by atoms with Crippen LogP contribution in [0.15, 0.2) is 84.9 Å². The van der Waals surface area contributed by atoms with Gasteiger partial charge >= 0.3 is 18.0 Å². The van der Waals surface area contributed by atoms with Crippen LogP contribution in [0.4, 0.5) is 4.79 Å². The van der Waals surface area contributed by atoms with Gasteiger partial charge in [-0.25, -0.2) is 9.59 Å². The quantitative estimate of drug-likeness (QED) is 0.149. The SMILES string of the molecule is CCCN(C[C@@H](CN(Cc1ccccc1)Cc1ccccc1)C(=O)OC(C)(C)C)C(=O)N[C@@H](Cc1ccc(OC(C)(C)C)cc1)C(=O)OC(C)(C)C. The third kappa shape index (κ3) is 15.9. The first-order valence-corrected chi connectivity index (χ1v) is 18.4. The molecular formula is C43H61N3O6. The van der Waals surface area contributed by atoms with E-state index in [2.05, 4.69) is 34.5 Å². The van der Waals surface area contributed by atoms with Gasteiger partial charge in [-0.15, -0.1) is 0 Å². The van der Waals surface area contributed by atoms with E-state index < -0.39 is 35.2 Å². The maximum Gasteiger partial charge on any atom is 0.329 e. The monoisotopic (exact) mass is 715 g/mol. The van der Waals surface area contributed by atoms with E-state index in [1.54, 1.807) is 25.7 Å². The van der Waals surface area contributed by atoms with E-state index in [0.29, 0.717) is 38.3 Å². The second-order valence-corrected chi connectivity index (χ2v) is 16.4. The third-order valence-corrected chi connectivity index (χ3v) is 7.71.